The predicted octanol–water partition coefficient (Wildman–Crippen LogP) is 4.90. The van der Waals surface area contributed by atoms with Crippen molar-refractivity contribution in [1.29, 1.82) is 0 Å². The topological polar surface area (TPSA) is 3.24 Å². The van der Waals surface area contributed by atoms with Crippen molar-refractivity contribution in [2.24, 2.45) is 5.41 Å². The SMILES string of the molecule is CN(Cc1cc(Br)cs1)CC1(CBr)CCCC1. The first-order valence-electron chi connectivity index (χ1n) is 6.11. The van der Waals surface area contributed by atoms with Crippen LogP contribution in [-0.4, -0.2) is 23.8 Å². The molecule has 1 heterocycles. The van der Waals surface area contributed by atoms with Crippen LogP contribution in [-0.2, 0) is 6.54 Å². The van der Waals surface area contributed by atoms with E-state index in [0.29, 0.717) is 5.41 Å². The van der Waals surface area contributed by atoms with Crippen molar-refractivity contribution in [2.75, 3.05) is 18.9 Å². The lowest BCUT2D eigenvalue weighted by Gasteiger charge is -2.31. The van der Waals surface area contributed by atoms with Gasteiger partial charge in [0.1, 0.15) is 0 Å². The molecule has 0 N–H and O–H groups in total. The Kier molecular flexibility index (Phi) is 5.10. The molecule has 4 heteroatoms. The van der Waals surface area contributed by atoms with Crippen LogP contribution < -0.4 is 0 Å². The molecule has 1 fully saturated rings. The van der Waals surface area contributed by atoms with Gasteiger partial charge in [-0.05, 0) is 47.3 Å². The maximum absolute atomic E-state index is 3.72. The summed E-state index contributed by atoms with van der Waals surface area (Å²) in [5, 5.41) is 3.32. The van der Waals surface area contributed by atoms with Crippen LogP contribution in [0.15, 0.2) is 15.9 Å². The molecule has 96 valence electrons. The highest BCUT2D eigenvalue weighted by molar-refractivity contribution is 9.10. The third kappa shape index (κ3) is 3.79. The number of nitrogens with zero attached hydrogens (tertiary/aromatic N) is 1. The van der Waals surface area contributed by atoms with Crippen LogP contribution in [0, 0.1) is 5.41 Å². The van der Waals surface area contributed by atoms with Gasteiger partial charge in [-0.15, -0.1) is 11.3 Å². The second kappa shape index (κ2) is 6.18. The van der Waals surface area contributed by atoms with E-state index in [2.05, 4.69) is 55.3 Å². The molecule has 2 rings (SSSR count). The minimum atomic E-state index is 0.531. The van der Waals surface area contributed by atoms with Gasteiger partial charge in [0, 0.05) is 33.1 Å². The Morgan fingerprint density at radius 3 is 2.65 bits per heavy atom. The molecule has 0 unspecified atom stereocenters. The first kappa shape index (κ1) is 14.0. The summed E-state index contributed by atoms with van der Waals surface area (Å²) in [7, 11) is 2.25. The van der Waals surface area contributed by atoms with Gasteiger partial charge in [-0.3, -0.25) is 0 Å². The molecule has 17 heavy (non-hydrogen) atoms. The molecule has 1 aliphatic rings. The molecule has 0 aromatic carbocycles. The summed E-state index contributed by atoms with van der Waals surface area (Å²) in [6.07, 6.45) is 5.58. The molecule has 0 radical (unpaired) electrons. The summed E-state index contributed by atoms with van der Waals surface area (Å²) in [5.41, 5.74) is 0.531. The maximum Gasteiger partial charge on any atom is 0.0325 e. The number of thiophene rings is 1. The zero-order valence-corrected chi connectivity index (χ0v) is 14.2. The second-order valence-corrected chi connectivity index (χ2v) is 7.72. The van der Waals surface area contributed by atoms with Gasteiger partial charge < -0.3 is 4.90 Å². The van der Waals surface area contributed by atoms with Crippen molar-refractivity contribution in [3.63, 3.8) is 0 Å². The maximum atomic E-state index is 3.72. The van der Waals surface area contributed by atoms with Gasteiger partial charge in [-0.1, -0.05) is 28.8 Å². The summed E-state index contributed by atoms with van der Waals surface area (Å²) < 4.78 is 1.21. The van der Waals surface area contributed by atoms with Crippen molar-refractivity contribution < 1.29 is 0 Å². The Labute approximate surface area is 125 Å². The normalized spacial score (nSPS) is 19.1. The smallest absolute Gasteiger partial charge is 0.0325 e. The van der Waals surface area contributed by atoms with Gasteiger partial charge >= 0.3 is 0 Å². The average molecular weight is 381 g/mol. The van der Waals surface area contributed by atoms with E-state index in [1.807, 2.05) is 11.3 Å². The second-order valence-electron chi connectivity index (χ2n) is 5.24. The van der Waals surface area contributed by atoms with Crippen LogP contribution in [0.4, 0.5) is 0 Å². The average Bonchev–Trinajstić information content (AvgIpc) is 2.89. The summed E-state index contributed by atoms with van der Waals surface area (Å²) in [5.74, 6) is 0. The highest BCUT2D eigenvalue weighted by Gasteiger charge is 2.33. The molecule has 0 saturated heterocycles. The van der Waals surface area contributed by atoms with Crippen LogP contribution in [0.5, 0.6) is 0 Å². The molecule has 1 nitrogen and oxygen atoms in total. The van der Waals surface area contributed by atoms with Gasteiger partial charge in [0.2, 0.25) is 0 Å². The quantitative estimate of drug-likeness (QED) is 0.656. The van der Waals surface area contributed by atoms with Gasteiger partial charge in [-0.25, -0.2) is 0 Å². The van der Waals surface area contributed by atoms with E-state index in [1.54, 1.807) is 0 Å². The Bertz CT molecular complexity index is 358. The Morgan fingerprint density at radius 2 is 2.12 bits per heavy atom. The lowest BCUT2D eigenvalue weighted by molar-refractivity contribution is 0.198. The Hall–Kier alpha value is 0.620. The molecular weight excluding hydrogens is 362 g/mol. The summed E-state index contributed by atoms with van der Waals surface area (Å²) in [6, 6.07) is 2.23. The van der Waals surface area contributed by atoms with Crippen LogP contribution in [0.1, 0.15) is 30.6 Å². The van der Waals surface area contributed by atoms with E-state index in [0.717, 1.165) is 11.9 Å². The fraction of sp³-hybridized carbons (Fsp3) is 0.692. The minimum absolute atomic E-state index is 0.531. The number of halogens is 2. The fourth-order valence-electron chi connectivity index (χ4n) is 2.79. The van der Waals surface area contributed by atoms with Crippen molar-refractivity contribution in [1.82, 2.24) is 4.90 Å². The molecule has 1 aromatic rings. The van der Waals surface area contributed by atoms with E-state index >= 15 is 0 Å². The van der Waals surface area contributed by atoms with Gasteiger partial charge in [0.25, 0.3) is 0 Å². The summed E-state index contributed by atoms with van der Waals surface area (Å²) in [4.78, 5) is 3.92. The Balaban J connectivity index is 1.90. The number of alkyl halides is 1. The van der Waals surface area contributed by atoms with Crippen LogP contribution >= 0.6 is 43.2 Å². The molecule has 0 amide bonds. The lowest BCUT2D eigenvalue weighted by Crippen LogP contribution is -2.34. The van der Waals surface area contributed by atoms with Gasteiger partial charge in [-0.2, -0.15) is 0 Å². The third-order valence-corrected chi connectivity index (χ3v) is 6.47. The van der Waals surface area contributed by atoms with E-state index in [1.165, 1.54) is 41.6 Å². The summed E-state index contributed by atoms with van der Waals surface area (Å²) >= 11 is 9.08. The lowest BCUT2D eigenvalue weighted by atomic mass is 9.88. The zero-order chi connectivity index (χ0) is 12.3. The van der Waals surface area contributed by atoms with Crippen LogP contribution in [0.3, 0.4) is 0 Å². The van der Waals surface area contributed by atoms with E-state index < -0.39 is 0 Å². The van der Waals surface area contributed by atoms with Crippen molar-refractivity contribution in [3.8, 4) is 0 Å². The molecule has 1 saturated carbocycles. The largest absolute Gasteiger partial charge is 0.301 e. The van der Waals surface area contributed by atoms with Gasteiger partial charge in [0.05, 0.1) is 0 Å². The first-order chi connectivity index (χ1) is 8.13. The van der Waals surface area contributed by atoms with Gasteiger partial charge in [0.15, 0.2) is 0 Å². The number of rotatable bonds is 5. The van der Waals surface area contributed by atoms with Crippen molar-refractivity contribution >= 4 is 43.2 Å². The minimum Gasteiger partial charge on any atom is -0.301 e. The predicted molar refractivity (Wildman–Crippen MR) is 83.0 cm³/mol. The highest BCUT2D eigenvalue weighted by atomic mass is 79.9. The third-order valence-electron chi connectivity index (χ3n) is 3.60. The number of hydrogen-bond acceptors (Lipinski definition) is 2. The molecule has 0 atom stereocenters. The van der Waals surface area contributed by atoms with Crippen LogP contribution in [0.25, 0.3) is 0 Å². The van der Waals surface area contributed by atoms with Crippen molar-refractivity contribution in [3.05, 3.63) is 20.8 Å². The number of hydrogen-bond donors (Lipinski definition) is 0. The molecule has 1 aliphatic carbocycles. The van der Waals surface area contributed by atoms with E-state index in [9.17, 15) is 0 Å². The standard InChI is InChI=1S/C13H19Br2NS/c1-16(7-12-6-11(15)8-17-12)10-13(9-14)4-2-3-5-13/h6,8H,2-5,7,9-10H2,1H3. The fourth-order valence-corrected chi connectivity index (χ4v) is 5.06. The first-order valence-corrected chi connectivity index (χ1v) is 8.90. The molecule has 0 aliphatic heterocycles. The monoisotopic (exact) mass is 379 g/mol. The van der Waals surface area contributed by atoms with Crippen LogP contribution in [0.2, 0.25) is 0 Å². The van der Waals surface area contributed by atoms with E-state index in [-0.39, 0.29) is 0 Å². The molecular formula is C13H19Br2NS. The van der Waals surface area contributed by atoms with Crippen molar-refractivity contribution in [2.45, 2.75) is 32.2 Å². The summed E-state index contributed by atoms with van der Waals surface area (Å²) in [6.45, 7) is 2.29. The van der Waals surface area contributed by atoms with E-state index in [4.69, 9.17) is 0 Å². The molecule has 0 spiro atoms. The Morgan fingerprint density at radius 1 is 1.41 bits per heavy atom. The molecule has 0 bridgehead atoms. The molecule has 1 aromatic heterocycles. The zero-order valence-electron chi connectivity index (χ0n) is 10.2. The highest BCUT2D eigenvalue weighted by Crippen LogP contribution is 2.40.